The molecule has 2 aromatic heterocycles. The molecule has 284 valence electrons. The predicted molar refractivity (Wildman–Crippen MR) is 252 cm³/mol. The topological polar surface area (TPSA) is 51.8 Å². The number of hydrogen-bond acceptors (Lipinski definition) is 4. The normalized spacial score (nSPS) is 11.6. The molecule has 4 nitrogen and oxygen atoms in total. The highest BCUT2D eigenvalue weighted by Gasteiger charge is 2.17. The summed E-state index contributed by atoms with van der Waals surface area (Å²) < 4.78 is 6.46. The zero-order valence-electron chi connectivity index (χ0n) is 33.0. The molecule has 0 aliphatic heterocycles. The quantitative estimate of drug-likeness (QED) is 0.158. The number of furan rings is 1. The van der Waals surface area contributed by atoms with E-state index in [1.165, 1.54) is 43.6 Å². The van der Waals surface area contributed by atoms with Crippen LogP contribution in [0.4, 0.5) is 0 Å². The third kappa shape index (κ3) is 6.12. The highest BCUT2D eigenvalue weighted by molar-refractivity contribution is 6.13. The summed E-state index contributed by atoms with van der Waals surface area (Å²) in [4.78, 5) is 15.5. The molecule has 0 amide bonds. The summed E-state index contributed by atoms with van der Waals surface area (Å²) >= 11 is 0. The maximum atomic E-state index is 6.46. The van der Waals surface area contributed by atoms with Gasteiger partial charge in [-0.2, -0.15) is 0 Å². The first-order chi connectivity index (χ1) is 30.2. The lowest BCUT2D eigenvalue weighted by atomic mass is 9.97. The zero-order chi connectivity index (χ0) is 40.3. The molecule has 0 bridgehead atoms. The number of nitrogens with zero attached hydrogens (tertiary/aromatic N) is 3. The van der Waals surface area contributed by atoms with E-state index in [1.807, 2.05) is 12.1 Å². The highest BCUT2D eigenvalue weighted by Crippen LogP contribution is 2.39. The molecule has 0 aliphatic carbocycles. The second-order valence-corrected chi connectivity index (χ2v) is 15.6. The van der Waals surface area contributed by atoms with Crippen LogP contribution < -0.4 is 0 Å². The van der Waals surface area contributed by atoms with Crippen LogP contribution in [0.1, 0.15) is 0 Å². The lowest BCUT2D eigenvalue weighted by molar-refractivity contribution is 0.669. The van der Waals surface area contributed by atoms with Crippen molar-refractivity contribution in [2.45, 2.75) is 0 Å². The maximum absolute atomic E-state index is 6.46. The van der Waals surface area contributed by atoms with Gasteiger partial charge in [-0.3, -0.25) is 0 Å². The Morgan fingerprint density at radius 1 is 0.262 bits per heavy atom. The monoisotopic (exact) mass is 777 g/mol. The van der Waals surface area contributed by atoms with Crippen LogP contribution in [0.25, 0.3) is 122 Å². The summed E-state index contributed by atoms with van der Waals surface area (Å²) in [6.07, 6.45) is 0. The molecule has 4 heteroatoms. The second-order valence-electron chi connectivity index (χ2n) is 15.6. The van der Waals surface area contributed by atoms with Gasteiger partial charge in [0.05, 0.1) is 0 Å². The number of rotatable bonds is 6. The van der Waals surface area contributed by atoms with Gasteiger partial charge in [0, 0.05) is 27.5 Å². The Kier molecular flexibility index (Phi) is 8.13. The van der Waals surface area contributed by atoms with Gasteiger partial charge >= 0.3 is 0 Å². The zero-order valence-corrected chi connectivity index (χ0v) is 33.0. The first-order valence-corrected chi connectivity index (χ1v) is 20.6. The van der Waals surface area contributed by atoms with Crippen molar-refractivity contribution in [1.82, 2.24) is 15.0 Å². The van der Waals surface area contributed by atoms with Crippen molar-refractivity contribution >= 4 is 54.3 Å². The van der Waals surface area contributed by atoms with Gasteiger partial charge in [-0.05, 0) is 90.0 Å². The number of fused-ring (bicyclic) bond motifs is 7. The predicted octanol–water partition coefficient (Wildman–Crippen LogP) is 15.2. The summed E-state index contributed by atoms with van der Waals surface area (Å²) in [5.74, 6) is 1.87. The van der Waals surface area contributed by atoms with Crippen molar-refractivity contribution in [2.75, 3.05) is 0 Å². The minimum atomic E-state index is 0.615. The van der Waals surface area contributed by atoms with Crippen molar-refractivity contribution < 1.29 is 4.42 Å². The maximum Gasteiger partial charge on any atom is 0.164 e. The van der Waals surface area contributed by atoms with Crippen LogP contribution in [-0.2, 0) is 0 Å². The van der Waals surface area contributed by atoms with Crippen LogP contribution in [0.5, 0.6) is 0 Å². The standard InChI is InChI=1S/C57H35N3O/c1-2-11-39(12-3-1)47-16-9-19-52-54(47)51-33-31-45(35-53(51)61-52)38-22-27-42(28-23-38)56-58-55(41-25-20-37(21-26-41)44-29-24-36-10-4-5-14-43(36)34-44)59-57(60-56)50-18-8-17-48-46-15-7-6-13-40(46)30-32-49(48)50/h1-35H. The average molecular weight is 778 g/mol. The molecule has 0 aliphatic rings. The third-order valence-electron chi connectivity index (χ3n) is 11.9. The Morgan fingerprint density at radius 2 is 0.803 bits per heavy atom. The summed E-state index contributed by atoms with van der Waals surface area (Å²) in [5.41, 5.74) is 11.3. The summed E-state index contributed by atoms with van der Waals surface area (Å²) in [6.45, 7) is 0. The largest absolute Gasteiger partial charge is 0.456 e. The van der Waals surface area contributed by atoms with E-state index < -0.39 is 0 Å². The van der Waals surface area contributed by atoms with Gasteiger partial charge in [-0.1, -0.05) is 188 Å². The number of hydrogen-bond donors (Lipinski definition) is 0. The molecule has 0 fully saturated rings. The van der Waals surface area contributed by atoms with Crippen LogP contribution in [0.15, 0.2) is 217 Å². The highest BCUT2D eigenvalue weighted by atomic mass is 16.3. The summed E-state index contributed by atoms with van der Waals surface area (Å²) in [6, 6.07) is 74.6. The van der Waals surface area contributed by atoms with Crippen molar-refractivity contribution in [3.05, 3.63) is 212 Å². The Bertz CT molecular complexity index is 3630. The van der Waals surface area contributed by atoms with Gasteiger partial charge < -0.3 is 4.42 Å². The number of benzene rings is 10. The molecular formula is C57H35N3O. The van der Waals surface area contributed by atoms with E-state index in [4.69, 9.17) is 19.4 Å². The third-order valence-corrected chi connectivity index (χ3v) is 11.9. The van der Waals surface area contributed by atoms with Gasteiger partial charge in [0.25, 0.3) is 0 Å². The van der Waals surface area contributed by atoms with E-state index in [0.29, 0.717) is 17.5 Å². The molecule has 0 spiro atoms. The fourth-order valence-corrected chi connectivity index (χ4v) is 8.85. The molecule has 12 aromatic rings. The van der Waals surface area contributed by atoms with E-state index in [0.717, 1.165) is 60.7 Å². The van der Waals surface area contributed by atoms with Crippen LogP contribution >= 0.6 is 0 Å². The van der Waals surface area contributed by atoms with Gasteiger partial charge in [0.15, 0.2) is 17.5 Å². The smallest absolute Gasteiger partial charge is 0.164 e. The van der Waals surface area contributed by atoms with E-state index in [1.54, 1.807) is 0 Å². The first-order valence-electron chi connectivity index (χ1n) is 20.6. The molecule has 0 unspecified atom stereocenters. The minimum Gasteiger partial charge on any atom is -0.456 e. The van der Waals surface area contributed by atoms with Crippen molar-refractivity contribution in [3.63, 3.8) is 0 Å². The van der Waals surface area contributed by atoms with Gasteiger partial charge in [-0.15, -0.1) is 0 Å². The summed E-state index contributed by atoms with van der Waals surface area (Å²) in [7, 11) is 0. The molecule has 0 radical (unpaired) electrons. The Hall–Kier alpha value is -8.21. The van der Waals surface area contributed by atoms with Crippen molar-refractivity contribution in [3.8, 4) is 67.5 Å². The fraction of sp³-hybridized carbons (Fsp3) is 0. The molecule has 0 saturated heterocycles. The van der Waals surface area contributed by atoms with Crippen LogP contribution in [-0.4, -0.2) is 15.0 Å². The van der Waals surface area contributed by atoms with Crippen LogP contribution in [0.3, 0.4) is 0 Å². The molecular weight excluding hydrogens is 743 g/mol. The van der Waals surface area contributed by atoms with Gasteiger partial charge in [-0.25, -0.2) is 15.0 Å². The summed E-state index contributed by atoms with van der Waals surface area (Å²) in [5, 5.41) is 9.36. The molecule has 10 aromatic carbocycles. The molecule has 0 atom stereocenters. The lowest BCUT2D eigenvalue weighted by Crippen LogP contribution is -2.00. The average Bonchev–Trinajstić information content (AvgIpc) is 3.72. The van der Waals surface area contributed by atoms with Crippen LogP contribution in [0, 0.1) is 0 Å². The van der Waals surface area contributed by atoms with E-state index in [9.17, 15) is 0 Å². The fourth-order valence-electron chi connectivity index (χ4n) is 8.85. The van der Waals surface area contributed by atoms with Crippen molar-refractivity contribution in [2.24, 2.45) is 0 Å². The van der Waals surface area contributed by atoms with E-state index in [-0.39, 0.29) is 0 Å². The Morgan fingerprint density at radius 3 is 1.57 bits per heavy atom. The molecule has 0 saturated carbocycles. The SMILES string of the molecule is c1ccc(-c2cccc3oc4cc(-c5ccc(-c6nc(-c7ccc(-c8ccc9ccccc9c8)cc7)nc(-c7cccc8c7ccc7ccccc78)n6)cc5)ccc4c23)cc1. The van der Waals surface area contributed by atoms with Gasteiger partial charge in [0.2, 0.25) is 0 Å². The Balaban J connectivity index is 0.945. The van der Waals surface area contributed by atoms with E-state index >= 15 is 0 Å². The second kappa shape index (κ2) is 14.3. The van der Waals surface area contributed by atoms with Crippen molar-refractivity contribution in [1.29, 1.82) is 0 Å². The molecule has 2 heterocycles. The van der Waals surface area contributed by atoms with Gasteiger partial charge in [0.1, 0.15) is 11.2 Å². The van der Waals surface area contributed by atoms with E-state index in [2.05, 4.69) is 200 Å². The number of aromatic nitrogens is 3. The molecule has 61 heavy (non-hydrogen) atoms. The molecule has 0 N–H and O–H groups in total. The van der Waals surface area contributed by atoms with Crippen LogP contribution in [0.2, 0.25) is 0 Å². The Labute approximate surface area is 352 Å². The molecule has 12 rings (SSSR count). The first kappa shape index (κ1) is 34.8. The lowest BCUT2D eigenvalue weighted by Gasteiger charge is -2.12. The minimum absolute atomic E-state index is 0.615.